The maximum absolute atomic E-state index is 12.6. The van der Waals surface area contributed by atoms with Crippen LogP contribution in [-0.4, -0.2) is 17.9 Å². The van der Waals surface area contributed by atoms with Gasteiger partial charge in [0, 0.05) is 28.2 Å². The molecular formula is C16H12ClNO2. The number of ketones is 1. The summed E-state index contributed by atoms with van der Waals surface area (Å²) in [6.45, 7) is 0. The Morgan fingerprint density at radius 2 is 2.00 bits per heavy atom. The number of aromatic amines is 1. The monoisotopic (exact) mass is 285 g/mol. The molecule has 2 aromatic carbocycles. The van der Waals surface area contributed by atoms with Gasteiger partial charge in [-0.1, -0.05) is 29.8 Å². The Hall–Kier alpha value is -2.26. The molecular weight excluding hydrogens is 274 g/mol. The van der Waals surface area contributed by atoms with E-state index in [1.165, 1.54) is 0 Å². The SMILES string of the molecule is COc1cccc(C(=O)c2c[nH]c3cccc(Cl)c23)c1. The largest absolute Gasteiger partial charge is 0.497 e. The third-order valence-electron chi connectivity index (χ3n) is 3.23. The Kier molecular flexibility index (Phi) is 3.20. The molecule has 0 aliphatic rings. The first-order chi connectivity index (χ1) is 9.70. The molecule has 100 valence electrons. The molecule has 0 fully saturated rings. The number of hydrogen-bond donors (Lipinski definition) is 1. The van der Waals surface area contributed by atoms with Crippen LogP contribution in [0.1, 0.15) is 15.9 Å². The van der Waals surface area contributed by atoms with Crippen LogP contribution in [0.15, 0.2) is 48.7 Å². The third-order valence-corrected chi connectivity index (χ3v) is 3.55. The van der Waals surface area contributed by atoms with Crippen LogP contribution in [0.2, 0.25) is 5.02 Å². The fourth-order valence-corrected chi connectivity index (χ4v) is 2.52. The molecule has 3 nitrogen and oxygen atoms in total. The van der Waals surface area contributed by atoms with Crippen LogP contribution in [0, 0.1) is 0 Å². The predicted octanol–water partition coefficient (Wildman–Crippen LogP) is 4.06. The summed E-state index contributed by atoms with van der Waals surface area (Å²) in [5.74, 6) is 0.574. The standard InChI is InChI=1S/C16H12ClNO2/c1-20-11-5-2-4-10(8-11)16(19)12-9-18-14-7-3-6-13(17)15(12)14/h2-9,18H,1H3. The van der Waals surface area contributed by atoms with E-state index in [0.29, 0.717) is 21.9 Å². The lowest BCUT2D eigenvalue weighted by atomic mass is 10.0. The summed E-state index contributed by atoms with van der Waals surface area (Å²) in [5, 5.41) is 1.32. The van der Waals surface area contributed by atoms with Gasteiger partial charge in [0.15, 0.2) is 5.78 Å². The number of carbonyl (C=O) groups is 1. The highest BCUT2D eigenvalue weighted by atomic mass is 35.5. The van der Waals surface area contributed by atoms with E-state index in [1.54, 1.807) is 43.6 Å². The quantitative estimate of drug-likeness (QED) is 0.737. The zero-order chi connectivity index (χ0) is 14.1. The van der Waals surface area contributed by atoms with Gasteiger partial charge in [0.05, 0.1) is 12.1 Å². The van der Waals surface area contributed by atoms with Crippen molar-refractivity contribution in [3.63, 3.8) is 0 Å². The van der Waals surface area contributed by atoms with Crippen LogP contribution in [-0.2, 0) is 0 Å². The average Bonchev–Trinajstić information content (AvgIpc) is 2.92. The number of hydrogen-bond acceptors (Lipinski definition) is 2. The molecule has 0 aliphatic carbocycles. The fraction of sp³-hybridized carbons (Fsp3) is 0.0625. The molecule has 0 unspecified atom stereocenters. The van der Waals surface area contributed by atoms with Crippen molar-refractivity contribution in [3.8, 4) is 5.75 Å². The van der Waals surface area contributed by atoms with E-state index >= 15 is 0 Å². The van der Waals surface area contributed by atoms with Crippen LogP contribution < -0.4 is 4.74 Å². The number of rotatable bonds is 3. The molecule has 0 saturated carbocycles. The number of fused-ring (bicyclic) bond motifs is 1. The van der Waals surface area contributed by atoms with Gasteiger partial charge in [0.1, 0.15) is 5.75 Å². The molecule has 0 radical (unpaired) electrons. The van der Waals surface area contributed by atoms with Gasteiger partial charge in [-0.05, 0) is 24.3 Å². The first-order valence-electron chi connectivity index (χ1n) is 6.15. The van der Waals surface area contributed by atoms with Gasteiger partial charge in [-0.2, -0.15) is 0 Å². The average molecular weight is 286 g/mol. The van der Waals surface area contributed by atoms with Gasteiger partial charge in [-0.25, -0.2) is 0 Å². The van der Waals surface area contributed by atoms with E-state index in [-0.39, 0.29) is 5.78 Å². The van der Waals surface area contributed by atoms with Crippen LogP contribution >= 0.6 is 11.6 Å². The van der Waals surface area contributed by atoms with Crippen molar-refractivity contribution in [2.24, 2.45) is 0 Å². The summed E-state index contributed by atoms with van der Waals surface area (Å²) in [6, 6.07) is 12.6. The van der Waals surface area contributed by atoms with E-state index in [1.807, 2.05) is 12.1 Å². The zero-order valence-electron chi connectivity index (χ0n) is 10.8. The van der Waals surface area contributed by atoms with Crippen LogP contribution in [0.3, 0.4) is 0 Å². The fourth-order valence-electron chi connectivity index (χ4n) is 2.24. The lowest BCUT2D eigenvalue weighted by Gasteiger charge is -2.04. The first-order valence-corrected chi connectivity index (χ1v) is 6.53. The van der Waals surface area contributed by atoms with Crippen molar-refractivity contribution < 1.29 is 9.53 Å². The molecule has 3 aromatic rings. The lowest BCUT2D eigenvalue weighted by molar-refractivity contribution is 0.104. The minimum absolute atomic E-state index is 0.0803. The molecule has 3 rings (SSSR count). The minimum Gasteiger partial charge on any atom is -0.497 e. The summed E-state index contributed by atoms with van der Waals surface area (Å²) >= 11 is 6.20. The number of methoxy groups -OCH3 is 1. The van der Waals surface area contributed by atoms with Gasteiger partial charge >= 0.3 is 0 Å². The number of carbonyl (C=O) groups excluding carboxylic acids is 1. The molecule has 0 atom stereocenters. The van der Waals surface area contributed by atoms with E-state index in [9.17, 15) is 4.79 Å². The Bertz CT molecular complexity index is 792. The normalized spacial score (nSPS) is 10.7. The second-order valence-corrected chi connectivity index (χ2v) is 4.83. The lowest BCUT2D eigenvalue weighted by Crippen LogP contribution is -2.00. The molecule has 0 spiro atoms. The van der Waals surface area contributed by atoms with Gasteiger partial charge in [0.25, 0.3) is 0 Å². The molecule has 1 aromatic heterocycles. The molecule has 1 heterocycles. The Morgan fingerprint density at radius 3 is 2.80 bits per heavy atom. The van der Waals surface area contributed by atoms with E-state index in [4.69, 9.17) is 16.3 Å². The third kappa shape index (κ3) is 2.06. The number of nitrogens with one attached hydrogen (secondary N) is 1. The van der Waals surface area contributed by atoms with Crippen LogP contribution in [0.4, 0.5) is 0 Å². The molecule has 4 heteroatoms. The second-order valence-electron chi connectivity index (χ2n) is 4.43. The van der Waals surface area contributed by atoms with Crippen molar-refractivity contribution >= 4 is 28.3 Å². The van der Waals surface area contributed by atoms with Crippen molar-refractivity contribution in [2.45, 2.75) is 0 Å². The van der Waals surface area contributed by atoms with Crippen LogP contribution in [0.5, 0.6) is 5.75 Å². The maximum Gasteiger partial charge on any atom is 0.195 e. The van der Waals surface area contributed by atoms with Crippen molar-refractivity contribution in [2.75, 3.05) is 7.11 Å². The number of ether oxygens (including phenoxy) is 1. The topological polar surface area (TPSA) is 42.1 Å². The zero-order valence-corrected chi connectivity index (χ0v) is 11.6. The van der Waals surface area contributed by atoms with Crippen molar-refractivity contribution in [1.29, 1.82) is 0 Å². The van der Waals surface area contributed by atoms with Crippen molar-refractivity contribution in [1.82, 2.24) is 4.98 Å². The molecule has 20 heavy (non-hydrogen) atoms. The van der Waals surface area contributed by atoms with Gasteiger partial charge in [0.2, 0.25) is 0 Å². The van der Waals surface area contributed by atoms with Crippen LogP contribution in [0.25, 0.3) is 10.9 Å². The Balaban J connectivity index is 2.13. The van der Waals surface area contributed by atoms with E-state index in [0.717, 1.165) is 10.9 Å². The highest BCUT2D eigenvalue weighted by Gasteiger charge is 2.16. The Labute approximate surface area is 121 Å². The smallest absolute Gasteiger partial charge is 0.195 e. The summed E-state index contributed by atoms with van der Waals surface area (Å²) in [7, 11) is 1.58. The Morgan fingerprint density at radius 1 is 1.20 bits per heavy atom. The summed E-state index contributed by atoms with van der Waals surface area (Å²) in [4.78, 5) is 15.7. The summed E-state index contributed by atoms with van der Waals surface area (Å²) in [5.41, 5.74) is 1.99. The number of benzene rings is 2. The number of H-pyrrole nitrogens is 1. The number of aromatic nitrogens is 1. The van der Waals surface area contributed by atoms with Gasteiger partial charge in [-0.15, -0.1) is 0 Å². The molecule has 0 saturated heterocycles. The highest BCUT2D eigenvalue weighted by Crippen LogP contribution is 2.28. The van der Waals surface area contributed by atoms with E-state index in [2.05, 4.69) is 4.98 Å². The number of halogens is 1. The molecule has 0 amide bonds. The molecule has 0 aliphatic heterocycles. The minimum atomic E-state index is -0.0803. The second kappa shape index (κ2) is 5.02. The van der Waals surface area contributed by atoms with Gasteiger partial charge in [-0.3, -0.25) is 4.79 Å². The summed E-state index contributed by atoms with van der Waals surface area (Å²) < 4.78 is 5.15. The van der Waals surface area contributed by atoms with Crippen molar-refractivity contribution in [3.05, 3.63) is 64.8 Å². The molecule has 0 bridgehead atoms. The predicted molar refractivity (Wildman–Crippen MR) is 79.7 cm³/mol. The maximum atomic E-state index is 12.6. The summed E-state index contributed by atoms with van der Waals surface area (Å²) in [6.07, 6.45) is 1.69. The van der Waals surface area contributed by atoms with E-state index < -0.39 is 0 Å². The first kappa shape index (κ1) is 12.8. The highest BCUT2D eigenvalue weighted by molar-refractivity contribution is 6.37. The molecule has 1 N–H and O–H groups in total. The van der Waals surface area contributed by atoms with Gasteiger partial charge < -0.3 is 9.72 Å².